The van der Waals surface area contributed by atoms with Gasteiger partial charge in [-0.1, -0.05) is 0 Å². The average Bonchev–Trinajstić information content (AvgIpc) is 2.91. The van der Waals surface area contributed by atoms with Gasteiger partial charge in [0, 0.05) is 51.4 Å². The smallest absolute Gasteiger partial charge is 0.257 e. The Morgan fingerprint density at radius 2 is 1.90 bits per heavy atom. The highest BCUT2D eigenvalue weighted by Crippen LogP contribution is 2.50. The maximum absolute atomic E-state index is 14.8. The maximum Gasteiger partial charge on any atom is 0.257 e. The lowest BCUT2D eigenvalue weighted by Gasteiger charge is -2.39. The van der Waals surface area contributed by atoms with Gasteiger partial charge in [0.15, 0.2) is 0 Å². The van der Waals surface area contributed by atoms with Crippen molar-refractivity contribution in [2.45, 2.75) is 31.1 Å². The van der Waals surface area contributed by atoms with Crippen molar-refractivity contribution in [2.24, 2.45) is 0 Å². The zero-order valence-corrected chi connectivity index (χ0v) is 17.0. The van der Waals surface area contributed by atoms with E-state index in [-0.39, 0.29) is 17.2 Å². The summed E-state index contributed by atoms with van der Waals surface area (Å²) < 4.78 is 14.8. The minimum absolute atomic E-state index is 0.120. The van der Waals surface area contributed by atoms with E-state index in [0.29, 0.717) is 54.5 Å². The number of hydrogen-bond acceptors (Lipinski definition) is 6. The lowest BCUT2D eigenvalue weighted by Crippen LogP contribution is -2.49. The molecule has 3 aliphatic heterocycles. The van der Waals surface area contributed by atoms with E-state index in [1.165, 1.54) is 11.0 Å². The summed E-state index contributed by atoms with van der Waals surface area (Å²) in [5.74, 6) is 0.295. The van der Waals surface area contributed by atoms with E-state index in [1.54, 1.807) is 7.05 Å². The van der Waals surface area contributed by atoms with E-state index >= 15 is 0 Å². The third-order valence-electron chi connectivity index (χ3n) is 6.79. The fraction of sp³-hybridized carbons (Fsp3) is 0.476. The van der Waals surface area contributed by atoms with Gasteiger partial charge in [-0.2, -0.15) is 4.98 Å². The van der Waals surface area contributed by atoms with Crippen molar-refractivity contribution in [2.75, 3.05) is 48.4 Å². The summed E-state index contributed by atoms with van der Waals surface area (Å²) in [5.41, 5.74) is 0.422. The number of likely N-dealkylation sites (N-methyl/N-ethyl adjacent to an activating group) is 1. The summed E-state index contributed by atoms with van der Waals surface area (Å²) in [6.07, 6.45) is 2.45. The second-order valence-electron chi connectivity index (χ2n) is 8.47. The third-order valence-corrected chi connectivity index (χ3v) is 6.79. The first-order valence-corrected chi connectivity index (χ1v) is 10.2. The quantitative estimate of drug-likeness (QED) is 0.736. The predicted octanol–water partition coefficient (Wildman–Crippen LogP) is 1.51. The molecule has 8 nitrogen and oxygen atoms in total. The molecule has 1 amide bonds. The number of aromatic amines is 1. The van der Waals surface area contributed by atoms with Crippen LogP contribution in [-0.4, -0.2) is 54.7 Å². The predicted molar refractivity (Wildman–Crippen MR) is 111 cm³/mol. The molecule has 3 aliphatic rings. The van der Waals surface area contributed by atoms with Crippen molar-refractivity contribution in [1.82, 2.24) is 9.97 Å². The molecule has 1 fully saturated rings. The zero-order chi connectivity index (χ0) is 21.2. The van der Waals surface area contributed by atoms with E-state index in [0.717, 1.165) is 25.5 Å². The van der Waals surface area contributed by atoms with Crippen LogP contribution in [0.15, 0.2) is 16.9 Å². The minimum atomic E-state index is -0.955. The number of phenolic OH excluding ortho intramolecular Hbond substituents is 1. The number of anilines is 3. The number of H-pyrrole nitrogens is 1. The van der Waals surface area contributed by atoms with Crippen molar-refractivity contribution in [3.8, 4) is 5.75 Å². The molecule has 9 heteroatoms. The number of piperidine rings is 1. The number of amides is 1. The second-order valence-corrected chi connectivity index (χ2v) is 8.47. The molecule has 1 aromatic carbocycles. The molecule has 0 radical (unpaired) electrons. The molecule has 0 atom stereocenters. The largest absolute Gasteiger partial charge is 0.508 e. The van der Waals surface area contributed by atoms with E-state index in [9.17, 15) is 19.1 Å². The highest BCUT2D eigenvalue weighted by Gasteiger charge is 2.53. The van der Waals surface area contributed by atoms with Gasteiger partial charge < -0.3 is 19.8 Å². The van der Waals surface area contributed by atoms with Crippen LogP contribution in [0.3, 0.4) is 0 Å². The Hall–Kier alpha value is -3.10. The van der Waals surface area contributed by atoms with Crippen molar-refractivity contribution in [3.63, 3.8) is 0 Å². The van der Waals surface area contributed by atoms with Gasteiger partial charge in [0.1, 0.15) is 17.4 Å². The van der Waals surface area contributed by atoms with Crippen molar-refractivity contribution in [3.05, 3.63) is 39.4 Å². The van der Waals surface area contributed by atoms with Gasteiger partial charge in [-0.3, -0.25) is 14.6 Å². The highest BCUT2D eigenvalue weighted by atomic mass is 19.1. The molecule has 5 rings (SSSR count). The number of aromatic hydroxyl groups is 1. The molecular weight excluding hydrogens is 389 g/mol. The van der Waals surface area contributed by atoms with Crippen LogP contribution >= 0.6 is 0 Å². The highest BCUT2D eigenvalue weighted by molar-refractivity contribution is 6.08. The Kier molecular flexibility index (Phi) is 4.06. The minimum Gasteiger partial charge on any atom is -0.508 e. The number of carbonyl (C=O) groups excluding carboxylic acids is 1. The summed E-state index contributed by atoms with van der Waals surface area (Å²) in [4.78, 5) is 38.7. The zero-order valence-electron chi connectivity index (χ0n) is 17.0. The van der Waals surface area contributed by atoms with E-state index in [4.69, 9.17) is 4.98 Å². The number of hydrogen-bond donors (Lipinski definition) is 2. The van der Waals surface area contributed by atoms with Crippen molar-refractivity contribution in [1.29, 1.82) is 0 Å². The van der Waals surface area contributed by atoms with Crippen LogP contribution in [-0.2, 0) is 16.6 Å². The Morgan fingerprint density at radius 1 is 1.17 bits per heavy atom. The van der Waals surface area contributed by atoms with Gasteiger partial charge >= 0.3 is 0 Å². The molecule has 4 heterocycles. The van der Waals surface area contributed by atoms with Crippen LogP contribution in [0.2, 0.25) is 0 Å². The summed E-state index contributed by atoms with van der Waals surface area (Å²) in [6.45, 7) is 1.78. The lowest BCUT2D eigenvalue weighted by molar-refractivity contribution is -0.123. The normalized spacial score (nSPS) is 20.0. The molecule has 2 N–H and O–H groups in total. The second kappa shape index (κ2) is 6.45. The number of phenols is 1. The molecule has 30 heavy (non-hydrogen) atoms. The van der Waals surface area contributed by atoms with Crippen LogP contribution in [0.5, 0.6) is 5.75 Å². The monoisotopic (exact) mass is 413 g/mol. The molecule has 0 saturated carbocycles. The van der Waals surface area contributed by atoms with Crippen LogP contribution in [0.1, 0.15) is 30.4 Å². The fourth-order valence-electron chi connectivity index (χ4n) is 5.18. The number of carbonyl (C=O) groups is 1. The summed E-state index contributed by atoms with van der Waals surface area (Å²) in [7, 11) is 3.54. The maximum atomic E-state index is 14.8. The summed E-state index contributed by atoms with van der Waals surface area (Å²) in [6, 6.07) is 2.51. The number of fused-ring (bicyclic) bond motifs is 3. The third kappa shape index (κ3) is 2.54. The SMILES string of the molecule is CN1CCCc2c1nc(N1CCC3(CC1)C(=O)N(C)c1cc(O)cc(F)c13)[nH]c2=O. The Balaban J connectivity index is 1.47. The van der Waals surface area contributed by atoms with Crippen molar-refractivity contribution >= 4 is 23.4 Å². The first-order valence-electron chi connectivity index (χ1n) is 10.2. The van der Waals surface area contributed by atoms with Gasteiger partial charge in [0.05, 0.1) is 16.7 Å². The molecule has 0 bridgehead atoms. The van der Waals surface area contributed by atoms with Gasteiger partial charge in [-0.15, -0.1) is 0 Å². The number of rotatable bonds is 1. The first kappa shape index (κ1) is 18.9. The Morgan fingerprint density at radius 3 is 2.63 bits per heavy atom. The molecule has 0 unspecified atom stereocenters. The number of nitrogens with zero attached hydrogens (tertiary/aromatic N) is 4. The van der Waals surface area contributed by atoms with Gasteiger partial charge in [0.25, 0.3) is 5.56 Å². The van der Waals surface area contributed by atoms with Gasteiger partial charge in [-0.05, 0) is 25.7 Å². The molecule has 1 aromatic heterocycles. The van der Waals surface area contributed by atoms with Crippen LogP contribution in [0, 0.1) is 5.82 Å². The topological polar surface area (TPSA) is 92.8 Å². The van der Waals surface area contributed by atoms with E-state index in [1.807, 2.05) is 16.8 Å². The molecular formula is C21H24FN5O3. The van der Waals surface area contributed by atoms with Crippen molar-refractivity contribution < 1.29 is 14.3 Å². The first-order chi connectivity index (χ1) is 14.3. The molecule has 1 spiro atoms. The molecule has 1 saturated heterocycles. The van der Waals surface area contributed by atoms with Crippen LogP contribution < -0.4 is 20.3 Å². The number of nitrogens with one attached hydrogen (secondary N) is 1. The molecule has 0 aliphatic carbocycles. The summed E-state index contributed by atoms with van der Waals surface area (Å²) >= 11 is 0. The Bertz CT molecular complexity index is 1110. The lowest BCUT2D eigenvalue weighted by atomic mass is 9.73. The van der Waals surface area contributed by atoms with Crippen LogP contribution in [0.25, 0.3) is 0 Å². The summed E-state index contributed by atoms with van der Waals surface area (Å²) in [5, 5.41) is 9.77. The molecule has 2 aromatic rings. The number of benzene rings is 1. The fourth-order valence-corrected chi connectivity index (χ4v) is 5.18. The van der Waals surface area contributed by atoms with Gasteiger partial charge in [0.2, 0.25) is 11.9 Å². The number of aromatic nitrogens is 2. The Labute approximate surface area is 172 Å². The average molecular weight is 413 g/mol. The standard InChI is InChI=1S/C21H24FN5O3/c1-25-7-3-4-13-17(25)23-20(24-18(13)29)27-8-5-21(6-9-27)16-14(22)10-12(28)11-15(16)26(2)19(21)30/h10-11,28H,3-9H2,1-2H3,(H,23,24,29). The van der Waals surface area contributed by atoms with Crippen LogP contribution in [0.4, 0.5) is 21.8 Å². The van der Waals surface area contributed by atoms with E-state index in [2.05, 4.69) is 4.98 Å². The molecule has 158 valence electrons. The number of halogens is 1. The van der Waals surface area contributed by atoms with E-state index < -0.39 is 11.2 Å². The van der Waals surface area contributed by atoms with Gasteiger partial charge in [-0.25, -0.2) is 4.39 Å².